The van der Waals surface area contributed by atoms with Gasteiger partial charge in [0.25, 0.3) is 5.91 Å². The molecule has 2 aromatic rings. The molecule has 33 heavy (non-hydrogen) atoms. The summed E-state index contributed by atoms with van der Waals surface area (Å²) in [5, 5.41) is 9.11. The third-order valence-electron chi connectivity index (χ3n) is 5.69. The summed E-state index contributed by atoms with van der Waals surface area (Å²) in [6.45, 7) is 0.481. The maximum absolute atomic E-state index is 13.2. The number of sulfone groups is 1. The van der Waals surface area contributed by atoms with E-state index < -0.39 is 20.5 Å². The summed E-state index contributed by atoms with van der Waals surface area (Å²) < 4.78 is 40.6. The summed E-state index contributed by atoms with van der Waals surface area (Å²) in [5.74, 6) is 0.151. The highest BCUT2D eigenvalue weighted by molar-refractivity contribution is 7.93. The molecule has 1 aliphatic rings. The number of carbonyl (C=O) groups excluding carboxylic acids is 2. The van der Waals surface area contributed by atoms with Crippen LogP contribution in [0.25, 0.3) is 0 Å². The number of benzene rings is 2. The fraction of sp³-hybridized carbons (Fsp3) is 0.391. The second-order valence-electron chi connectivity index (χ2n) is 7.63. The number of ketones is 1. The molecule has 2 aromatic carbocycles. The quantitative estimate of drug-likeness (QED) is 0.231. The molecule has 1 aliphatic heterocycles. The average Bonchev–Trinajstić information content (AvgIpc) is 2.86. The van der Waals surface area contributed by atoms with Crippen LogP contribution in [-0.2, 0) is 19.4 Å². The van der Waals surface area contributed by atoms with E-state index in [2.05, 4.69) is 0 Å². The van der Waals surface area contributed by atoms with Crippen molar-refractivity contribution < 1.29 is 37.4 Å². The molecule has 10 heteroatoms. The summed E-state index contributed by atoms with van der Waals surface area (Å²) in [5.41, 5.74) is 2.09. The predicted molar refractivity (Wildman–Crippen MR) is 118 cm³/mol. The highest BCUT2D eigenvalue weighted by Gasteiger charge is 2.52. The first-order valence-corrected chi connectivity index (χ1v) is 12.0. The zero-order chi connectivity index (χ0) is 23.9. The van der Waals surface area contributed by atoms with E-state index in [1.165, 1.54) is 29.7 Å². The topological polar surface area (TPSA) is 128 Å². The first kappa shape index (κ1) is 24.7. The van der Waals surface area contributed by atoms with Crippen LogP contribution in [0.5, 0.6) is 11.5 Å². The van der Waals surface area contributed by atoms with E-state index in [-0.39, 0.29) is 43.3 Å². The van der Waals surface area contributed by atoms with Crippen molar-refractivity contribution in [1.82, 2.24) is 5.48 Å². The summed E-state index contributed by atoms with van der Waals surface area (Å²) in [6, 6.07) is 12.6. The van der Waals surface area contributed by atoms with Crippen LogP contribution >= 0.6 is 0 Å². The zero-order valence-electron chi connectivity index (χ0n) is 18.3. The van der Waals surface area contributed by atoms with Crippen molar-refractivity contribution in [2.45, 2.75) is 35.3 Å². The third kappa shape index (κ3) is 5.35. The molecule has 178 valence electrons. The van der Waals surface area contributed by atoms with E-state index in [9.17, 15) is 18.0 Å². The Balaban J connectivity index is 1.58. The van der Waals surface area contributed by atoms with E-state index >= 15 is 0 Å². The molecule has 0 aliphatic carbocycles. The van der Waals surface area contributed by atoms with Crippen LogP contribution in [-0.4, -0.2) is 57.0 Å². The van der Waals surface area contributed by atoms with Crippen molar-refractivity contribution in [1.29, 1.82) is 0 Å². The molecule has 0 bridgehead atoms. The second-order valence-corrected chi connectivity index (χ2v) is 9.89. The monoisotopic (exact) mass is 477 g/mol. The minimum atomic E-state index is -4.09. The maximum Gasteiger partial charge on any atom is 0.265 e. The average molecular weight is 478 g/mol. The Bertz CT molecular complexity index is 1060. The van der Waals surface area contributed by atoms with Crippen molar-refractivity contribution >= 4 is 21.5 Å². The summed E-state index contributed by atoms with van der Waals surface area (Å²) >= 11 is 0. The molecule has 9 nitrogen and oxygen atoms in total. The van der Waals surface area contributed by atoms with Crippen LogP contribution in [0.15, 0.2) is 53.4 Å². The van der Waals surface area contributed by atoms with Crippen molar-refractivity contribution in [2.24, 2.45) is 0 Å². The minimum Gasteiger partial charge on any atom is -0.497 e. The van der Waals surface area contributed by atoms with Gasteiger partial charge in [-0.3, -0.25) is 14.8 Å². The third-order valence-corrected chi connectivity index (χ3v) is 8.21. The Labute approximate surface area is 192 Å². The van der Waals surface area contributed by atoms with Crippen molar-refractivity contribution in [2.75, 3.05) is 26.9 Å². The van der Waals surface area contributed by atoms with E-state index in [4.69, 9.17) is 19.4 Å². The number of carbonyl (C=O) groups is 2. The van der Waals surface area contributed by atoms with Crippen molar-refractivity contribution in [3.8, 4) is 11.5 Å². The lowest BCUT2D eigenvalue weighted by atomic mass is 9.98. The number of ether oxygens (including phenoxy) is 3. The van der Waals surface area contributed by atoms with Crippen LogP contribution < -0.4 is 15.0 Å². The van der Waals surface area contributed by atoms with Crippen LogP contribution in [0.4, 0.5) is 0 Å². The Morgan fingerprint density at radius 1 is 1.03 bits per heavy atom. The smallest absolute Gasteiger partial charge is 0.265 e. The van der Waals surface area contributed by atoms with Gasteiger partial charge in [0.05, 0.1) is 18.6 Å². The SMILES string of the molecule is COc1ccc(C(=O)CCCOc2ccc(S(=O)(=O)C3(C(=O)NO)CCOCC3)cc2)cc1. The van der Waals surface area contributed by atoms with Gasteiger partial charge in [-0.1, -0.05) is 0 Å². The molecule has 1 fully saturated rings. The molecule has 0 unspecified atom stereocenters. The van der Waals surface area contributed by atoms with Crippen LogP contribution in [0.3, 0.4) is 0 Å². The second kappa shape index (κ2) is 10.8. The lowest BCUT2D eigenvalue weighted by Crippen LogP contribution is -2.54. The maximum atomic E-state index is 13.2. The highest BCUT2D eigenvalue weighted by Crippen LogP contribution is 2.35. The first-order chi connectivity index (χ1) is 15.8. The first-order valence-electron chi connectivity index (χ1n) is 10.5. The van der Waals surface area contributed by atoms with Gasteiger partial charge in [0.2, 0.25) is 0 Å². The summed E-state index contributed by atoms with van der Waals surface area (Å²) in [6.07, 6.45) is 0.689. The number of nitrogens with one attached hydrogen (secondary N) is 1. The molecular weight excluding hydrogens is 450 g/mol. The van der Waals surface area contributed by atoms with E-state index in [0.717, 1.165) is 0 Å². The fourth-order valence-corrected chi connectivity index (χ4v) is 5.64. The van der Waals surface area contributed by atoms with Crippen LogP contribution in [0, 0.1) is 0 Å². The highest BCUT2D eigenvalue weighted by atomic mass is 32.2. The molecule has 0 aromatic heterocycles. The molecule has 0 atom stereocenters. The molecule has 1 amide bonds. The molecule has 3 rings (SSSR count). The Morgan fingerprint density at radius 3 is 2.21 bits per heavy atom. The molecule has 1 saturated heterocycles. The van der Waals surface area contributed by atoms with Crippen LogP contribution in [0.2, 0.25) is 0 Å². The Hall–Kier alpha value is -2.95. The van der Waals surface area contributed by atoms with Crippen LogP contribution in [0.1, 0.15) is 36.0 Å². The number of hydrogen-bond acceptors (Lipinski definition) is 8. The lowest BCUT2D eigenvalue weighted by Gasteiger charge is -2.34. The van der Waals surface area contributed by atoms with Gasteiger partial charge < -0.3 is 14.2 Å². The van der Waals surface area contributed by atoms with Gasteiger partial charge in [-0.2, -0.15) is 0 Å². The molecule has 0 saturated carbocycles. The molecule has 1 heterocycles. The molecule has 0 radical (unpaired) electrons. The van der Waals surface area contributed by atoms with Gasteiger partial charge in [0, 0.05) is 25.2 Å². The molecule has 2 N–H and O–H groups in total. The van der Waals surface area contributed by atoms with Gasteiger partial charge in [-0.15, -0.1) is 0 Å². The lowest BCUT2D eigenvalue weighted by molar-refractivity contribution is -0.134. The number of rotatable bonds is 10. The van der Waals surface area contributed by atoms with Gasteiger partial charge in [0.15, 0.2) is 20.4 Å². The number of amides is 1. The van der Waals surface area contributed by atoms with Crippen molar-refractivity contribution in [3.63, 3.8) is 0 Å². The van der Waals surface area contributed by atoms with E-state index in [1.54, 1.807) is 31.4 Å². The predicted octanol–water partition coefficient (Wildman–Crippen LogP) is 2.57. The summed E-state index contributed by atoms with van der Waals surface area (Å²) in [4.78, 5) is 24.5. The van der Waals surface area contributed by atoms with E-state index in [0.29, 0.717) is 29.9 Å². The number of hydroxylamine groups is 1. The van der Waals surface area contributed by atoms with E-state index in [1.807, 2.05) is 0 Å². The van der Waals surface area contributed by atoms with Gasteiger partial charge in [-0.25, -0.2) is 13.9 Å². The zero-order valence-corrected chi connectivity index (χ0v) is 19.1. The molecule has 0 spiro atoms. The standard InChI is InChI=1S/C23H27NO8S/c1-30-18-6-4-17(5-7-18)21(25)3-2-14-32-19-8-10-20(11-9-19)33(28,29)23(22(26)24-27)12-15-31-16-13-23/h4-11,27H,2-3,12-16H2,1H3,(H,24,26). The number of methoxy groups -OCH3 is 1. The number of hydrogen-bond donors (Lipinski definition) is 2. The fourth-order valence-electron chi connectivity index (χ4n) is 3.71. The van der Waals surface area contributed by atoms with Gasteiger partial charge in [0.1, 0.15) is 11.5 Å². The largest absolute Gasteiger partial charge is 0.497 e. The Morgan fingerprint density at radius 2 is 1.64 bits per heavy atom. The van der Waals surface area contributed by atoms with Crippen molar-refractivity contribution in [3.05, 3.63) is 54.1 Å². The number of Topliss-reactive ketones (excluding diaryl/α,β-unsaturated/α-hetero) is 1. The molecular formula is C23H27NO8S. The van der Waals surface area contributed by atoms with Gasteiger partial charge in [-0.05, 0) is 67.8 Å². The normalized spacial score (nSPS) is 15.5. The van der Waals surface area contributed by atoms with Gasteiger partial charge >= 0.3 is 0 Å². The summed E-state index contributed by atoms with van der Waals surface area (Å²) in [7, 11) is -2.52. The minimum absolute atomic E-state index is 0.00776. The Kier molecular flexibility index (Phi) is 8.06.